The first kappa shape index (κ1) is 13.6. The maximum atomic E-state index is 11.4. The SMILES string of the molecule is CC(=O)NC(c1ccc(C)cc1)c1ccc(Cl)cc1. The van der Waals surface area contributed by atoms with E-state index in [0.717, 1.165) is 11.1 Å². The van der Waals surface area contributed by atoms with E-state index < -0.39 is 0 Å². The zero-order valence-electron chi connectivity index (χ0n) is 11.0. The minimum Gasteiger partial charge on any atom is -0.345 e. The average Bonchev–Trinajstić information content (AvgIpc) is 2.38. The van der Waals surface area contributed by atoms with Crippen molar-refractivity contribution in [2.24, 2.45) is 0 Å². The van der Waals surface area contributed by atoms with Crippen LogP contribution in [0, 0.1) is 6.92 Å². The van der Waals surface area contributed by atoms with Crippen molar-refractivity contribution in [3.8, 4) is 0 Å². The van der Waals surface area contributed by atoms with E-state index in [1.807, 2.05) is 55.5 Å². The van der Waals surface area contributed by atoms with Crippen molar-refractivity contribution in [3.63, 3.8) is 0 Å². The lowest BCUT2D eigenvalue weighted by Gasteiger charge is -2.19. The van der Waals surface area contributed by atoms with Crippen LogP contribution in [-0.4, -0.2) is 5.91 Å². The van der Waals surface area contributed by atoms with Gasteiger partial charge < -0.3 is 5.32 Å². The fraction of sp³-hybridized carbons (Fsp3) is 0.188. The Morgan fingerprint density at radius 1 is 1.00 bits per heavy atom. The number of benzene rings is 2. The Kier molecular flexibility index (Phi) is 4.23. The Hall–Kier alpha value is -1.80. The number of carbonyl (C=O) groups excluding carboxylic acids is 1. The molecule has 0 aliphatic heterocycles. The van der Waals surface area contributed by atoms with E-state index in [0.29, 0.717) is 5.02 Å². The zero-order valence-corrected chi connectivity index (χ0v) is 11.7. The number of aryl methyl sites for hydroxylation is 1. The molecule has 0 heterocycles. The van der Waals surface area contributed by atoms with Crippen LogP contribution in [0.2, 0.25) is 5.02 Å². The molecule has 0 saturated carbocycles. The van der Waals surface area contributed by atoms with Crippen LogP contribution in [0.5, 0.6) is 0 Å². The van der Waals surface area contributed by atoms with Crippen LogP contribution in [-0.2, 0) is 4.79 Å². The molecular weight excluding hydrogens is 258 g/mol. The molecule has 1 unspecified atom stereocenters. The number of hydrogen-bond acceptors (Lipinski definition) is 1. The minimum absolute atomic E-state index is 0.0551. The fourth-order valence-corrected chi connectivity index (χ4v) is 2.10. The van der Waals surface area contributed by atoms with Crippen LogP contribution in [0.25, 0.3) is 0 Å². The second-order valence-electron chi connectivity index (χ2n) is 4.60. The number of hydrogen-bond donors (Lipinski definition) is 1. The van der Waals surface area contributed by atoms with E-state index in [2.05, 4.69) is 5.32 Å². The van der Waals surface area contributed by atoms with Gasteiger partial charge in [-0.15, -0.1) is 0 Å². The molecule has 3 heteroatoms. The van der Waals surface area contributed by atoms with Gasteiger partial charge in [-0.2, -0.15) is 0 Å². The molecule has 0 spiro atoms. The summed E-state index contributed by atoms with van der Waals surface area (Å²) in [6.07, 6.45) is 0. The van der Waals surface area contributed by atoms with Crippen molar-refractivity contribution in [2.75, 3.05) is 0 Å². The number of amides is 1. The van der Waals surface area contributed by atoms with Crippen LogP contribution in [0.3, 0.4) is 0 Å². The molecule has 0 aliphatic carbocycles. The topological polar surface area (TPSA) is 29.1 Å². The van der Waals surface area contributed by atoms with Gasteiger partial charge in [0, 0.05) is 11.9 Å². The van der Waals surface area contributed by atoms with Gasteiger partial charge in [-0.05, 0) is 30.2 Å². The molecule has 19 heavy (non-hydrogen) atoms. The average molecular weight is 274 g/mol. The molecule has 0 radical (unpaired) electrons. The Morgan fingerprint density at radius 3 is 1.95 bits per heavy atom. The Bertz CT molecular complexity index is 515. The monoisotopic (exact) mass is 273 g/mol. The summed E-state index contributed by atoms with van der Waals surface area (Å²) in [5, 5.41) is 3.66. The summed E-state index contributed by atoms with van der Waals surface area (Å²) in [5.41, 5.74) is 3.27. The molecule has 98 valence electrons. The van der Waals surface area contributed by atoms with Crippen molar-refractivity contribution in [3.05, 3.63) is 70.2 Å². The summed E-state index contributed by atoms with van der Waals surface area (Å²) in [7, 11) is 0. The van der Waals surface area contributed by atoms with Crippen molar-refractivity contribution >= 4 is 17.5 Å². The van der Waals surface area contributed by atoms with Gasteiger partial charge >= 0.3 is 0 Å². The predicted octanol–water partition coefficient (Wildman–Crippen LogP) is 3.87. The lowest BCUT2D eigenvalue weighted by molar-refractivity contribution is -0.119. The van der Waals surface area contributed by atoms with Gasteiger partial charge in [0.1, 0.15) is 0 Å². The number of rotatable bonds is 3. The van der Waals surface area contributed by atoms with E-state index in [4.69, 9.17) is 11.6 Å². The lowest BCUT2D eigenvalue weighted by Crippen LogP contribution is -2.26. The number of carbonyl (C=O) groups is 1. The van der Waals surface area contributed by atoms with Gasteiger partial charge in [-0.25, -0.2) is 0 Å². The molecule has 2 aromatic rings. The van der Waals surface area contributed by atoms with Crippen LogP contribution in [0.15, 0.2) is 48.5 Å². The van der Waals surface area contributed by atoms with Crippen LogP contribution in [0.4, 0.5) is 0 Å². The lowest BCUT2D eigenvalue weighted by atomic mass is 9.98. The Morgan fingerprint density at radius 2 is 1.47 bits per heavy atom. The predicted molar refractivity (Wildman–Crippen MR) is 78.3 cm³/mol. The van der Waals surface area contributed by atoms with Crippen molar-refractivity contribution in [2.45, 2.75) is 19.9 Å². The van der Waals surface area contributed by atoms with Crippen molar-refractivity contribution in [1.29, 1.82) is 0 Å². The largest absolute Gasteiger partial charge is 0.345 e. The molecule has 2 aromatic carbocycles. The first-order chi connectivity index (χ1) is 9.06. The fourth-order valence-electron chi connectivity index (χ4n) is 1.98. The Balaban J connectivity index is 2.37. The summed E-state index contributed by atoms with van der Waals surface area (Å²) >= 11 is 5.90. The van der Waals surface area contributed by atoms with E-state index >= 15 is 0 Å². The van der Waals surface area contributed by atoms with Crippen LogP contribution in [0.1, 0.15) is 29.7 Å². The molecule has 0 fully saturated rings. The van der Waals surface area contributed by atoms with Gasteiger partial charge in [0.05, 0.1) is 6.04 Å². The summed E-state index contributed by atoms with van der Waals surface area (Å²) in [5.74, 6) is -0.0551. The second kappa shape index (κ2) is 5.89. The maximum absolute atomic E-state index is 11.4. The molecule has 1 amide bonds. The standard InChI is InChI=1S/C16H16ClNO/c1-11-3-5-13(6-4-11)16(18-12(2)19)14-7-9-15(17)10-8-14/h3-10,16H,1-2H3,(H,18,19). The highest BCUT2D eigenvalue weighted by atomic mass is 35.5. The highest BCUT2D eigenvalue weighted by Gasteiger charge is 2.14. The van der Waals surface area contributed by atoms with Crippen molar-refractivity contribution < 1.29 is 4.79 Å². The molecule has 2 nitrogen and oxygen atoms in total. The van der Waals surface area contributed by atoms with Crippen molar-refractivity contribution in [1.82, 2.24) is 5.32 Å². The van der Waals surface area contributed by atoms with Gasteiger partial charge in [0.2, 0.25) is 5.91 Å². The highest BCUT2D eigenvalue weighted by Crippen LogP contribution is 2.23. The highest BCUT2D eigenvalue weighted by molar-refractivity contribution is 6.30. The van der Waals surface area contributed by atoms with Gasteiger partial charge in [0.25, 0.3) is 0 Å². The summed E-state index contributed by atoms with van der Waals surface area (Å²) in [4.78, 5) is 11.4. The quantitative estimate of drug-likeness (QED) is 0.904. The van der Waals surface area contributed by atoms with Gasteiger partial charge in [-0.3, -0.25) is 4.79 Å². The number of halogens is 1. The molecule has 0 aliphatic rings. The molecule has 0 saturated heterocycles. The third-order valence-corrected chi connectivity index (χ3v) is 3.21. The van der Waals surface area contributed by atoms with Gasteiger partial charge in [0.15, 0.2) is 0 Å². The summed E-state index contributed by atoms with van der Waals surface area (Å²) in [6, 6.07) is 15.5. The zero-order chi connectivity index (χ0) is 13.8. The van der Waals surface area contributed by atoms with Gasteiger partial charge in [-0.1, -0.05) is 53.6 Å². The maximum Gasteiger partial charge on any atom is 0.217 e. The second-order valence-corrected chi connectivity index (χ2v) is 5.03. The summed E-state index contributed by atoms with van der Waals surface area (Å²) < 4.78 is 0. The van der Waals surface area contributed by atoms with Crippen LogP contribution >= 0.6 is 11.6 Å². The van der Waals surface area contributed by atoms with Crippen LogP contribution < -0.4 is 5.32 Å². The Labute approximate surface area is 118 Å². The van der Waals surface area contributed by atoms with E-state index in [1.165, 1.54) is 12.5 Å². The van der Waals surface area contributed by atoms with E-state index in [-0.39, 0.29) is 11.9 Å². The molecular formula is C16H16ClNO. The smallest absolute Gasteiger partial charge is 0.217 e. The normalized spacial score (nSPS) is 11.9. The third kappa shape index (κ3) is 3.58. The van der Waals surface area contributed by atoms with E-state index in [1.54, 1.807) is 0 Å². The van der Waals surface area contributed by atoms with E-state index in [9.17, 15) is 4.79 Å². The first-order valence-electron chi connectivity index (χ1n) is 6.15. The molecule has 0 bridgehead atoms. The molecule has 1 atom stereocenters. The summed E-state index contributed by atoms with van der Waals surface area (Å²) in [6.45, 7) is 3.57. The molecule has 2 rings (SSSR count). The third-order valence-electron chi connectivity index (χ3n) is 2.96. The molecule has 1 N–H and O–H groups in total. The minimum atomic E-state index is -0.143. The first-order valence-corrected chi connectivity index (χ1v) is 6.53. The molecule has 0 aromatic heterocycles. The number of nitrogens with one attached hydrogen (secondary N) is 1.